The molecule has 1 aliphatic heterocycles. The van der Waals surface area contributed by atoms with Crippen LogP contribution in [0.2, 0.25) is 0 Å². The monoisotopic (exact) mass is 409 g/mol. The van der Waals surface area contributed by atoms with E-state index in [9.17, 15) is 10.1 Å². The van der Waals surface area contributed by atoms with Gasteiger partial charge in [0.15, 0.2) is 0 Å². The van der Waals surface area contributed by atoms with Gasteiger partial charge in [-0.2, -0.15) is 0 Å². The Morgan fingerprint density at radius 1 is 1.10 bits per heavy atom. The van der Waals surface area contributed by atoms with E-state index in [1.807, 2.05) is 24.3 Å². The minimum atomic E-state index is -0.307. The first-order chi connectivity index (χ1) is 14.6. The molecule has 30 heavy (non-hydrogen) atoms. The van der Waals surface area contributed by atoms with E-state index in [2.05, 4.69) is 29.0 Å². The van der Waals surface area contributed by atoms with Crippen LogP contribution in [0.5, 0.6) is 0 Å². The van der Waals surface area contributed by atoms with E-state index < -0.39 is 0 Å². The van der Waals surface area contributed by atoms with Crippen LogP contribution in [-0.4, -0.2) is 36.1 Å². The molecule has 0 bridgehead atoms. The number of nitro groups is 1. The zero-order valence-electron chi connectivity index (χ0n) is 17.7. The maximum Gasteiger partial charge on any atom is 0.270 e. The van der Waals surface area contributed by atoms with Crippen LogP contribution in [0, 0.1) is 10.1 Å². The molecule has 160 valence electrons. The first-order valence-corrected chi connectivity index (χ1v) is 11.0. The lowest BCUT2D eigenvalue weighted by atomic mass is 9.93. The second kappa shape index (κ2) is 9.58. The van der Waals surface area contributed by atoms with E-state index in [1.54, 1.807) is 12.1 Å². The van der Waals surface area contributed by atoms with Crippen LogP contribution in [0.3, 0.4) is 0 Å². The summed E-state index contributed by atoms with van der Waals surface area (Å²) >= 11 is 0. The molecule has 0 radical (unpaired) electrons. The predicted molar refractivity (Wildman–Crippen MR) is 119 cm³/mol. The molecular weight excluding hydrogens is 378 g/mol. The van der Waals surface area contributed by atoms with Crippen LogP contribution in [0.1, 0.15) is 55.9 Å². The Balaban J connectivity index is 1.68. The summed E-state index contributed by atoms with van der Waals surface area (Å²) in [4.78, 5) is 15.9. The molecule has 0 amide bonds. The quantitative estimate of drug-likeness (QED) is 0.480. The van der Waals surface area contributed by atoms with Gasteiger partial charge in [-0.15, -0.1) is 0 Å². The Labute approximate surface area is 178 Å². The molecule has 0 unspecified atom stereocenters. The van der Waals surface area contributed by atoms with Crippen LogP contribution in [0.25, 0.3) is 0 Å². The molecule has 6 nitrogen and oxygen atoms in total. The number of hydrogen-bond acceptors (Lipinski definition) is 5. The Bertz CT molecular complexity index is 852. The van der Waals surface area contributed by atoms with Crippen molar-refractivity contribution >= 4 is 11.4 Å². The van der Waals surface area contributed by atoms with Crippen LogP contribution < -0.4 is 4.90 Å². The molecular formula is C24H31N3O3. The first kappa shape index (κ1) is 20.8. The highest BCUT2D eigenvalue weighted by atomic mass is 16.6. The minimum Gasteiger partial charge on any atom is -0.371 e. The third-order valence-corrected chi connectivity index (χ3v) is 6.42. The summed E-state index contributed by atoms with van der Waals surface area (Å²) in [5.41, 5.74) is 3.31. The number of ether oxygens (including phenoxy) is 1. The lowest BCUT2D eigenvalue weighted by molar-refractivity contribution is -0.385. The zero-order chi connectivity index (χ0) is 20.9. The van der Waals surface area contributed by atoms with Crippen molar-refractivity contribution in [2.75, 3.05) is 25.1 Å². The van der Waals surface area contributed by atoms with Crippen molar-refractivity contribution in [2.24, 2.45) is 0 Å². The van der Waals surface area contributed by atoms with Gasteiger partial charge >= 0.3 is 0 Å². The zero-order valence-corrected chi connectivity index (χ0v) is 17.7. The average molecular weight is 410 g/mol. The van der Waals surface area contributed by atoms with E-state index in [0.29, 0.717) is 12.6 Å². The molecule has 0 aromatic heterocycles. The molecule has 1 saturated heterocycles. The molecule has 1 saturated carbocycles. The van der Waals surface area contributed by atoms with E-state index in [4.69, 9.17) is 4.74 Å². The van der Waals surface area contributed by atoms with Crippen LogP contribution in [0.15, 0.2) is 48.5 Å². The van der Waals surface area contributed by atoms with Crippen molar-refractivity contribution in [2.45, 2.75) is 57.3 Å². The maximum absolute atomic E-state index is 11.5. The minimum absolute atomic E-state index is 0.125. The van der Waals surface area contributed by atoms with Crippen molar-refractivity contribution in [1.29, 1.82) is 0 Å². The molecule has 4 rings (SSSR count). The van der Waals surface area contributed by atoms with Gasteiger partial charge in [-0.05, 0) is 30.9 Å². The highest BCUT2D eigenvalue weighted by Gasteiger charge is 2.31. The fourth-order valence-corrected chi connectivity index (χ4v) is 4.79. The third-order valence-electron chi connectivity index (χ3n) is 6.42. The Morgan fingerprint density at radius 3 is 2.60 bits per heavy atom. The molecule has 2 fully saturated rings. The van der Waals surface area contributed by atoms with Crippen molar-refractivity contribution < 1.29 is 9.66 Å². The first-order valence-electron chi connectivity index (χ1n) is 11.0. The summed E-state index contributed by atoms with van der Waals surface area (Å²) in [5, 5.41) is 11.5. The summed E-state index contributed by atoms with van der Waals surface area (Å²) in [6, 6.07) is 16.1. The van der Waals surface area contributed by atoms with Gasteiger partial charge in [0, 0.05) is 49.6 Å². The van der Waals surface area contributed by atoms with Crippen molar-refractivity contribution in [3.63, 3.8) is 0 Å². The van der Waals surface area contributed by atoms with Crippen LogP contribution in [-0.2, 0) is 11.3 Å². The summed E-state index contributed by atoms with van der Waals surface area (Å²) < 4.78 is 6.24. The maximum atomic E-state index is 11.5. The Hall–Kier alpha value is -2.44. The lowest BCUT2D eigenvalue weighted by Crippen LogP contribution is -2.39. The summed E-state index contributed by atoms with van der Waals surface area (Å²) in [6.07, 6.45) is 6.83. The summed E-state index contributed by atoms with van der Waals surface area (Å²) in [7, 11) is 2.13. The molecule has 2 aromatic carbocycles. The molecule has 1 atom stereocenters. The lowest BCUT2D eigenvalue weighted by Gasteiger charge is -2.39. The largest absolute Gasteiger partial charge is 0.371 e. The highest BCUT2D eigenvalue weighted by molar-refractivity contribution is 5.59. The summed E-state index contributed by atoms with van der Waals surface area (Å²) in [6.45, 7) is 2.35. The fourth-order valence-electron chi connectivity index (χ4n) is 4.79. The predicted octanol–water partition coefficient (Wildman–Crippen LogP) is 5.28. The number of benzene rings is 2. The van der Waals surface area contributed by atoms with Gasteiger partial charge in [0.25, 0.3) is 5.69 Å². The standard InChI is InChI=1S/C24H31N3O3/c1-25(20-11-6-3-7-12-20)23-14-13-21(27(28)29)17-22(23)24-26(15-8-16-30-24)18-19-9-4-2-5-10-19/h2,4-5,9-10,13-14,17,20,24H,3,6-8,11-12,15-16,18H2,1H3/t24-/m0/s1. The van der Waals surface area contributed by atoms with Gasteiger partial charge in [0.2, 0.25) is 0 Å². The van der Waals surface area contributed by atoms with Crippen molar-refractivity contribution in [3.05, 3.63) is 69.8 Å². The van der Waals surface area contributed by atoms with E-state index in [1.165, 1.54) is 37.7 Å². The Kier molecular flexibility index (Phi) is 6.65. The number of nitrogens with zero attached hydrogens (tertiary/aromatic N) is 3. The Morgan fingerprint density at radius 2 is 1.87 bits per heavy atom. The number of hydrogen-bond donors (Lipinski definition) is 0. The molecule has 0 N–H and O–H groups in total. The second-order valence-electron chi connectivity index (χ2n) is 8.44. The SMILES string of the molecule is CN(c1ccc([N+](=O)[O-])cc1[C@@H]1OCCCN1Cc1ccccc1)C1CCCCC1. The van der Waals surface area contributed by atoms with Gasteiger partial charge in [0.1, 0.15) is 6.23 Å². The fraction of sp³-hybridized carbons (Fsp3) is 0.500. The number of anilines is 1. The molecule has 6 heteroatoms. The normalized spacial score (nSPS) is 20.8. The van der Waals surface area contributed by atoms with Crippen molar-refractivity contribution in [3.8, 4) is 0 Å². The molecule has 1 aliphatic carbocycles. The molecule has 2 aromatic rings. The van der Waals surface area contributed by atoms with Gasteiger partial charge in [0.05, 0.1) is 11.5 Å². The number of non-ortho nitro benzene ring substituents is 1. The number of nitro benzene ring substituents is 1. The van der Waals surface area contributed by atoms with Crippen LogP contribution >= 0.6 is 0 Å². The summed E-state index contributed by atoms with van der Waals surface area (Å²) in [5.74, 6) is 0. The second-order valence-corrected chi connectivity index (χ2v) is 8.44. The van der Waals surface area contributed by atoms with Gasteiger partial charge in [-0.1, -0.05) is 49.6 Å². The highest BCUT2D eigenvalue weighted by Crippen LogP contribution is 2.38. The smallest absolute Gasteiger partial charge is 0.270 e. The van der Waals surface area contributed by atoms with E-state index in [0.717, 1.165) is 30.8 Å². The number of rotatable bonds is 6. The average Bonchev–Trinajstić information content (AvgIpc) is 2.80. The van der Waals surface area contributed by atoms with Gasteiger partial charge in [-0.25, -0.2) is 0 Å². The molecule has 1 heterocycles. The van der Waals surface area contributed by atoms with E-state index in [-0.39, 0.29) is 16.8 Å². The topological polar surface area (TPSA) is 58.9 Å². The molecule has 2 aliphatic rings. The third kappa shape index (κ3) is 4.65. The van der Waals surface area contributed by atoms with E-state index >= 15 is 0 Å². The molecule has 0 spiro atoms. The van der Waals surface area contributed by atoms with Crippen molar-refractivity contribution in [1.82, 2.24) is 4.90 Å². The van der Waals surface area contributed by atoms with Crippen LogP contribution in [0.4, 0.5) is 11.4 Å². The van der Waals surface area contributed by atoms with Gasteiger partial charge < -0.3 is 9.64 Å². The van der Waals surface area contributed by atoms with Gasteiger partial charge in [-0.3, -0.25) is 15.0 Å².